The van der Waals surface area contributed by atoms with Gasteiger partial charge in [-0.05, 0) is 18.6 Å². The summed E-state index contributed by atoms with van der Waals surface area (Å²) in [5.41, 5.74) is 0.603. The van der Waals surface area contributed by atoms with E-state index in [1.807, 2.05) is 0 Å². The smallest absolute Gasteiger partial charge is 0.227 e. The van der Waals surface area contributed by atoms with Crippen LogP contribution < -0.4 is 5.32 Å². The van der Waals surface area contributed by atoms with Crippen LogP contribution in [0.2, 0.25) is 0 Å². The molecule has 0 unspecified atom stereocenters. The zero-order chi connectivity index (χ0) is 16.9. The Labute approximate surface area is 141 Å². The SMILES string of the molecule is Cc1noc(CCC(=O)Nc2ncc(Cc3ccccc3F)s2)n1. The number of hydrogen-bond acceptors (Lipinski definition) is 6. The van der Waals surface area contributed by atoms with Crippen molar-refractivity contribution in [2.45, 2.75) is 26.2 Å². The monoisotopic (exact) mass is 346 g/mol. The number of carbonyl (C=O) groups excluding carboxylic acids is 1. The number of thiazole rings is 1. The normalized spacial score (nSPS) is 10.8. The summed E-state index contributed by atoms with van der Waals surface area (Å²) < 4.78 is 18.6. The number of anilines is 1. The predicted octanol–water partition coefficient (Wildman–Crippen LogP) is 3.14. The lowest BCUT2D eigenvalue weighted by Crippen LogP contribution is -2.12. The van der Waals surface area contributed by atoms with Crippen molar-refractivity contribution >= 4 is 22.4 Å². The molecule has 124 valence electrons. The number of aryl methyl sites for hydroxylation is 2. The quantitative estimate of drug-likeness (QED) is 0.741. The Hall–Kier alpha value is -2.61. The highest BCUT2D eigenvalue weighted by atomic mass is 32.1. The van der Waals surface area contributed by atoms with E-state index < -0.39 is 0 Å². The maximum absolute atomic E-state index is 13.7. The van der Waals surface area contributed by atoms with Gasteiger partial charge in [-0.25, -0.2) is 9.37 Å². The van der Waals surface area contributed by atoms with Crippen LogP contribution in [0.4, 0.5) is 9.52 Å². The number of carbonyl (C=O) groups is 1. The van der Waals surface area contributed by atoms with Gasteiger partial charge in [0.05, 0.1) is 0 Å². The number of rotatable bonds is 6. The fourth-order valence-corrected chi connectivity index (χ4v) is 2.97. The first-order valence-electron chi connectivity index (χ1n) is 7.37. The van der Waals surface area contributed by atoms with E-state index in [9.17, 15) is 9.18 Å². The van der Waals surface area contributed by atoms with E-state index in [0.29, 0.717) is 35.3 Å². The first kappa shape index (κ1) is 16.3. The second kappa shape index (κ2) is 7.31. The Morgan fingerprint density at radius 2 is 2.21 bits per heavy atom. The Balaban J connectivity index is 1.53. The lowest BCUT2D eigenvalue weighted by molar-refractivity contribution is -0.116. The van der Waals surface area contributed by atoms with E-state index in [2.05, 4.69) is 20.4 Å². The van der Waals surface area contributed by atoms with E-state index in [1.54, 1.807) is 31.3 Å². The van der Waals surface area contributed by atoms with Crippen LogP contribution in [0, 0.1) is 12.7 Å². The van der Waals surface area contributed by atoms with Crippen LogP contribution >= 0.6 is 11.3 Å². The van der Waals surface area contributed by atoms with Crippen molar-refractivity contribution in [3.63, 3.8) is 0 Å². The van der Waals surface area contributed by atoms with Crippen LogP contribution in [-0.2, 0) is 17.6 Å². The van der Waals surface area contributed by atoms with Gasteiger partial charge in [-0.2, -0.15) is 4.98 Å². The molecule has 1 N–H and O–H groups in total. The maximum atomic E-state index is 13.7. The van der Waals surface area contributed by atoms with Crippen molar-refractivity contribution in [3.05, 3.63) is 58.4 Å². The van der Waals surface area contributed by atoms with Gasteiger partial charge in [0.15, 0.2) is 11.0 Å². The molecule has 0 bridgehead atoms. The molecule has 0 fully saturated rings. The molecule has 6 nitrogen and oxygen atoms in total. The lowest BCUT2D eigenvalue weighted by Gasteiger charge is -2.00. The molecule has 0 saturated heterocycles. The third kappa shape index (κ3) is 4.23. The second-order valence-corrected chi connectivity index (χ2v) is 6.30. The second-order valence-electron chi connectivity index (χ2n) is 5.18. The molecule has 0 atom stereocenters. The molecule has 0 saturated carbocycles. The van der Waals surface area contributed by atoms with Crippen LogP contribution in [-0.4, -0.2) is 21.0 Å². The standard InChI is InChI=1S/C16H15FN4O2S/c1-10-19-15(23-21-10)7-6-14(22)20-16-18-9-12(24-16)8-11-4-2-3-5-13(11)17/h2-5,9H,6-8H2,1H3,(H,18,20,22). The number of nitrogens with zero attached hydrogens (tertiary/aromatic N) is 3. The summed E-state index contributed by atoms with van der Waals surface area (Å²) >= 11 is 1.33. The van der Waals surface area contributed by atoms with Crippen LogP contribution in [0.1, 0.15) is 28.6 Å². The van der Waals surface area contributed by atoms with Crippen LogP contribution in [0.3, 0.4) is 0 Å². The fourth-order valence-electron chi connectivity index (χ4n) is 2.12. The molecule has 8 heteroatoms. The number of amides is 1. The average Bonchev–Trinajstić information content (AvgIpc) is 3.17. The minimum atomic E-state index is -0.244. The van der Waals surface area contributed by atoms with Gasteiger partial charge < -0.3 is 9.84 Å². The predicted molar refractivity (Wildman–Crippen MR) is 87.3 cm³/mol. The Morgan fingerprint density at radius 1 is 1.38 bits per heavy atom. The summed E-state index contributed by atoms with van der Waals surface area (Å²) in [6.45, 7) is 1.72. The third-order valence-corrected chi connectivity index (χ3v) is 4.17. The van der Waals surface area contributed by atoms with E-state index >= 15 is 0 Å². The molecule has 2 heterocycles. The number of aromatic nitrogens is 3. The van der Waals surface area contributed by atoms with Crippen LogP contribution in [0.5, 0.6) is 0 Å². The van der Waals surface area contributed by atoms with Gasteiger partial charge in [0.2, 0.25) is 11.8 Å². The summed E-state index contributed by atoms with van der Waals surface area (Å²) in [5, 5.41) is 6.89. The average molecular weight is 346 g/mol. The van der Waals surface area contributed by atoms with Gasteiger partial charge >= 0.3 is 0 Å². The van der Waals surface area contributed by atoms with E-state index in [-0.39, 0.29) is 18.1 Å². The molecule has 0 spiro atoms. The topological polar surface area (TPSA) is 80.9 Å². The van der Waals surface area contributed by atoms with Crippen molar-refractivity contribution in [3.8, 4) is 0 Å². The maximum Gasteiger partial charge on any atom is 0.227 e. The summed E-state index contributed by atoms with van der Waals surface area (Å²) in [4.78, 5) is 21.0. The molecular weight excluding hydrogens is 331 g/mol. The van der Waals surface area contributed by atoms with Crippen molar-refractivity contribution in [1.82, 2.24) is 15.1 Å². The number of hydrogen-bond donors (Lipinski definition) is 1. The Bertz CT molecular complexity index is 846. The highest BCUT2D eigenvalue weighted by molar-refractivity contribution is 7.15. The summed E-state index contributed by atoms with van der Waals surface area (Å²) in [6.07, 6.45) is 2.69. The molecule has 0 radical (unpaired) electrons. The minimum absolute atomic E-state index is 0.183. The Morgan fingerprint density at radius 3 is 2.96 bits per heavy atom. The molecule has 0 aliphatic heterocycles. The van der Waals surface area contributed by atoms with E-state index in [0.717, 1.165) is 4.88 Å². The molecule has 2 aromatic heterocycles. The van der Waals surface area contributed by atoms with Gasteiger partial charge in [-0.3, -0.25) is 4.79 Å². The fraction of sp³-hybridized carbons (Fsp3) is 0.250. The first-order valence-corrected chi connectivity index (χ1v) is 8.19. The lowest BCUT2D eigenvalue weighted by atomic mass is 10.1. The molecule has 1 aromatic carbocycles. The minimum Gasteiger partial charge on any atom is -0.339 e. The summed E-state index contributed by atoms with van der Waals surface area (Å²) in [6, 6.07) is 6.61. The van der Waals surface area contributed by atoms with Gasteiger partial charge in [0, 0.05) is 30.3 Å². The van der Waals surface area contributed by atoms with E-state index in [4.69, 9.17) is 4.52 Å². The molecule has 3 aromatic rings. The van der Waals surface area contributed by atoms with Crippen LogP contribution in [0.25, 0.3) is 0 Å². The number of halogens is 1. The molecule has 0 aliphatic rings. The molecule has 3 rings (SSSR count). The van der Waals surface area contributed by atoms with Gasteiger partial charge in [-0.15, -0.1) is 11.3 Å². The summed E-state index contributed by atoms with van der Waals surface area (Å²) in [7, 11) is 0. The van der Waals surface area contributed by atoms with Crippen molar-refractivity contribution < 1.29 is 13.7 Å². The highest BCUT2D eigenvalue weighted by Gasteiger charge is 2.11. The number of benzene rings is 1. The van der Waals surface area contributed by atoms with Crippen molar-refractivity contribution in [2.24, 2.45) is 0 Å². The van der Waals surface area contributed by atoms with Crippen molar-refractivity contribution in [2.75, 3.05) is 5.32 Å². The Kier molecular flexibility index (Phi) is 4.95. The summed E-state index contributed by atoms with van der Waals surface area (Å²) in [5.74, 6) is 0.550. The highest BCUT2D eigenvalue weighted by Crippen LogP contribution is 2.22. The largest absolute Gasteiger partial charge is 0.339 e. The van der Waals surface area contributed by atoms with E-state index in [1.165, 1.54) is 17.4 Å². The molecule has 1 amide bonds. The zero-order valence-electron chi connectivity index (χ0n) is 13.0. The first-order chi connectivity index (χ1) is 11.6. The van der Waals surface area contributed by atoms with Gasteiger partial charge in [-0.1, -0.05) is 23.4 Å². The van der Waals surface area contributed by atoms with Gasteiger partial charge in [0.25, 0.3) is 0 Å². The molecule has 0 aliphatic carbocycles. The third-order valence-electron chi connectivity index (χ3n) is 3.26. The molecular formula is C16H15FN4O2S. The van der Waals surface area contributed by atoms with Gasteiger partial charge in [0.1, 0.15) is 5.82 Å². The molecule has 24 heavy (non-hydrogen) atoms. The number of nitrogens with one attached hydrogen (secondary N) is 1. The van der Waals surface area contributed by atoms with Crippen LogP contribution in [0.15, 0.2) is 35.0 Å². The zero-order valence-corrected chi connectivity index (χ0v) is 13.8. The van der Waals surface area contributed by atoms with Crippen molar-refractivity contribution in [1.29, 1.82) is 0 Å².